The quantitative estimate of drug-likeness (QED) is 0.210. The zero-order valence-corrected chi connectivity index (χ0v) is 20.5. The van der Waals surface area contributed by atoms with Gasteiger partial charge in [0.1, 0.15) is 11.1 Å². The van der Waals surface area contributed by atoms with Gasteiger partial charge in [-0.15, -0.1) is 0 Å². The number of rotatable bonds is 7. The minimum absolute atomic E-state index is 0.292. The fourth-order valence-corrected chi connectivity index (χ4v) is 4.12. The lowest BCUT2D eigenvalue weighted by Gasteiger charge is -2.25. The number of furan rings is 1. The molecule has 0 unspecified atom stereocenters. The van der Waals surface area contributed by atoms with Crippen LogP contribution >= 0.6 is 15.9 Å². The topological polar surface area (TPSA) is 83.3 Å². The maximum atomic E-state index is 12.4. The van der Waals surface area contributed by atoms with E-state index in [9.17, 15) is 10.1 Å². The lowest BCUT2D eigenvalue weighted by molar-refractivity contribution is 0.100. The Morgan fingerprint density at radius 3 is 2.38 bits per heavy atom. The van der Waals surface area contributed by atoms with E-state index in [1.807, 2.05) is 83.8 Å². The number of benzene rings is 3. The van der Waals surface area contributed by atoms with Crippen molar-refractivity contribution in [2.24, 2.45) is 11.7 Å². The van der Waals surface area contributed by atoms with Gasteiger partial charge >= 0.3 is 0 Å². The number of halogens is 1. The Hall–Kier alpha value is -3.82. The molecule has 0 bridgehead atoms. The van der Waals surface area contributed by atoms with Crippen LogP contribution in [-0.2, 0) is 0 Å². The van der Waals surface area contributed by atoms with Crippen molar-refractivity contribution in [3.8, 4) is 6.07 Å². The molecule has 0 spiro atoms. The Kier molecular flexibility index (Phi) is 6.85. The van der Waals surface area contributed by atoms with E-state index >= 15 is 0 Å². The molecular weight excluding hydrogens is 490 g/mol. The molecule has 3 aromatic carbocycles. The Morgan fingerprint density at radius 1 is 1.09 bits per heavy atom. The first kappa shape index (κ1) is 23.3. The van der Waals surface area contributed by atoms with Gasteiger partial charge in [-0.3, -0.25) is 4.79 Å². The van der Waals surface area contributed by atoms with Gasteiger partial charge < -0.3 is 15.1 Å². The van der Waals surface area contributed by atoms with Crippen LogP contribution in [-0.4, -0.2) is 12.5 Å². The van der Waals surface area contributed by atoms with Gasteiger partial charge in [0.2, 0.25) is 5.88 Å². The molecule has 0 atom stereocenters. The monoisotopic (exact) mass is 513 g/mol. The van der Waals surface area contributed by atoms with Crippen LogP contribution in [0.15, 0.2) is 81.7 Å². The lowest BCUT2D eigenvalue weighted by Crippen LogP contribution is -2.25. The summed E-state index contributed by atoms with van der Waals surface area (Å²) in [6, 6.07) is 25.1. The van der Waals surface area contributed by atoms with E-state index in [4.69, 9.17) is 10.2 Å². The number of carbonyl (C=O) groups excluding carboxylic acids is 1. The molecule has 6 heteroatoms. The van der Waals surface area contributed by atoms with E-state index in [0.717, 1.165) is 21.3 Å². The third-order valence-electron chi connectivity index (χ3n) is 5.41. The van der Waals surface area contributed by atoms with Crippen LogP contribution in [0, 0.1) is 17.2 Å². The minimum atomic E-state index is -0.533. The second-order valence-corrected chi connectivity index (χ2v) is 9.33. The molecule has 0 aliphatic rings. The predicted octanol–water partition coefficient (Wildman–Crippen LogP) is 7.15. The summed E-state index contributed by atoms with van der Waals surface area (Å²) in [6.07, 6.45) is 1.86. The van der Waals surface area contributed by atoms with Gasteiger partial charge in [-0.05, 0) is 53.5 Å². The predicted molar refractivity (Wildman–Crippen MR) is 141 cm³/mol. The third-order valence-corrected chi connectivity index (χ3v) is 5.94. The normalized spacial score (nSPS) is 11.6. The van der Waals surface area contributed by atoms with Crippen molar-refractivity contribution in [2.75, 3.05) is 11.4 Å². The molecule has 1 heterocycles. The number of carbonyl (C=O) groups is 1. The Labute approximate surface area is 207 Å². The van der Waals surface area contributed by atoms with Crippen LogP contribution in [0.1, 0.15) is 35.3 Å². The Morgan fingerprint density at radius 2 is 1.76 bits per heavy atom. The minimum Gasteiger partial charge on any atom is -0.439 e. The van der Waals surface area contributed by atoms with Crippen LogP contribution in [0.3, 0.4) is 0 Å². The largest absolute Gasteiger partial charge is 0.439 e. The number of nitriles is 1. The Bertz CT molecular complexity index is 1390. The molecule has 4 aromatic rings. The third kappa shape index (κ3) is 4.90. The molecule has 34 heavy (non-hydrogen) atoms. The maximum absolute atomic E-state index is 12.4. The molecule has 170 valence electrons. The fourth-order valence-electron chi connectivity index (χ4n) is 3.86. The summed E-state index contributed by atoms with van der Waals surface area (Å²) in [5.74, 6) is 0.191. The number of anilines is 2. The standard InChI is InChI=1S/C28H24BrN3O2/c1-18(2)17-32(28-26(27(31)33)24-5-3-4-6-25(24)34-28)23-13-9-20(10-14-23)21(16-30)15-19-7-11-22(29)12-8-19/h3-15,18H,17H2,1-2H3,(H2,31,33)/b21-15+. The molecule has 1 amide bonds. The first-order valence-corrected chi connectivity index (χ1v) is 11.7. The van der Waals surface area contributed by atoms with E-state index in [-0.39, 0.29) is 0 Å². The first-order chi connectivity index (χ1) is 16.4. The molecule has 0 saturated heterocycles. The zero-order chi connectivity index (χ0) is 24.2. The molecule has 0 aliphatic carbocycles. The lowest BCUT2D eigenvalue weighted by atomic mass is 10.0. The molecule has 0 radical (unpaired) electrons. The van der Waals surface area contributed by atoms with Gasteiger partial charge in [0, 0.05) is 22.1 Å². The summed E-state index contributed by atoms with van der Waals surface area (Å²) in [7, 11) is 0. The van der Waals surface area contributed by atoms with Crippen LogP contribution < -0.4 is 10.6 Å². The van der Waals surface area contributed by atoms with Gasteiger partial charge in [-0.1, -0.05) is 72.2 Å². The van der Waals surface area contributed by atoms with Crippen molar-refractivity contribution in [2.45, 2.75) is 13.8 Å². The van der Waals surface area contributed by atoms with Crippen LogP contribution in [0.4, 0.5) is 11.6 Å². The van der Waals surface area contributed by atoms with Crippen molar-refractivity contribution in [3.63, 3.8) is 0 Å². The number of hydrogen-bond donors (Lipinski definition) is 1. The van der Waals surface area contributed by atoms with Gasteiger partial charge in [-0.25, -0.2) is 0 Å². The van der Waals surface area contributed by atoms with Crippen LogP contribution in [0.2, 0.25) is 0 Å². The summed E-state index contributed by atoms with van der Waals surface area (Å²) < 4.78 is 7.11. The van der Waals surface area contributed by atoms with E-state index < -0.39 is 5.91 Å². The smallest absolute Gasteiger partial charge is 0.254 e. The van der Waals surface area contributed by atoms with Crippen LogP contribution in [0.5, 0.6) is 0 Å². The number of nitrogens with two attached hydrogens (primary N) is 1. The van der Waals surface area contributed by atoms with E-state index in [0.29, 0.717) is 40.5 Å². The van der Waals surface area contributed by atoms with Gasteiger partial charge in [0.25, 0.3) is 5.91 Å². The van der Waals surface area contributed by atoms with Gasteiger partial charge in [0.15, 0.2) is 0 Å². The molecule has 0 aliphatic heterocycles. The van der Waals surface area contributed by atoms with E-state index in [1.54, 1.807) is 0 Å². The molecule has 1 aromatic heterocycles. The number of hydrogen-bond acceptors (Lipinski definition) is 4. The second-order valence-electron chi connectivity index (χ2n) is 8.42. The highest BCUT2D eigenvalue weighted by atomic mass is 79.9. The second kappa shape index (κ2) is 9.98. The van der Waals surface area contributed by atoms with Crippen molar-refractivity contribution in [3.05, 3.63) is 94.0 Å². The van der Waals surface area contributed by atoms with Crippen molar-refractivity contribution in [1.29, 1.82) is 5.26 Å². The summed E-state index contributed by atoms with van der Waals surface area (Å²) in [4.78, 5) is 14.4. The number of para-hydroxylation sites is 1. The maximum Gasteiger partial charge on any atom is 0.254 e. The van der Waals surface area contributed by atoms with Gasteiger partial charge in [0.05, 0.1) is 11.6 Å². The van der Waals surface area contributed by atoms with Crippen LogP contribution in [0.25, 0.3) is 22.6 Å². The average Bonchev–Trinajstić information content (AvgIpc) is 3.22. The van der Waals surface area contributed by atoms with Gasteiger partial charge in [-0.2, -0.15) is 5.26 Å². The molecule has 5 nitrogen and oxygen atoms in total. The average molecular weight is 514 g/mol. The zero-order valence-electron chi connectivity index (χ0n) is 19.0. The fraction of sp³-hybridized carbons (Fsp3) is 0.143. The summed E-state index contributed by atoms with van der Waals surface area (Å²) >= 11 is 3.43. The van der Waals surface area contributed by atoms with E-state index in [1.165, 1.54) is 0 Å². The number of allylic oxidation sites excluding steroid dienone is 1. The van der Waals surface area contributed by atoms with E-state index in [2.05, 4.69) is 35.8 Å². The Balaban J connectivity index is 1.75. The number of fused-ring (bicyclic) bond motifs is 1. The number of amides is 1. The molecular formula is C28H24BrN3O2. The molecule has 4 rings (SSSR count). The number of primary amides is 1. The molecule has 0 fully saturated rings. The highest BCUT2D eigenvalue weighted by molar-refractivity contribution is 9.10. The summed E-state index contributed by atoms with van der Waals surface area (Å²) in [6.45, 7) is 4.82. The highest BCUT2D eigenvalue weighted by Gasteiger charge is 2.25. The SMILES string of the molecule is CC(C)CN(c1ccc(/C(C#N)=C/c2ccc(Br)cc2)cc1)c1oc2ccccc2c1C(N)=O. The van der Waals surface area contributed by atoms with Crippen molar-refractivity contribution < 1.29 is 9.21 Å². The first-order valence-electron chi connectivity index (χ1n) is 10.9. The molecule has 2 N–H and O–H groups in total. The molecule has 0 saturated carbocycles. The van der Waals surface area contributed by atoms with Crippen molar-refractivity contribution >= 4 is 56.0 Å². The number of nitrogens with zero attached hydrogens (tertiary/aromatic N) is 2. The van der Waals surface area contributed by atoms with Crippen molar-refractivity contribution in [1.82, 2.24) is 0 Å². The summed E-state index contributed by atoms with van der Waals surface area (Å²) in [5.41, 5.74) is 9.90. The highest BCUT2D eigenvalue weighted by Crippen LogP contribution is 2.37. The summed E-state index contributed by atoms with van der Waals surface area (Å²) in [5, 5.41) is 10.4.